The molecule has 0 saturated carbocycles. The molecule has 1 amide bonds. The van der Waals surface area contributed by atoms with E-state index < -0.39 is 0 Å². The first-order valence-corrected chi connectivity index (χ1v) is 9.58. The zero-order valence-electron chi connectivity index (χ0n) is 15.2. The molecule has 27 heavy (non-hydrogen) atoms. The summed E-state index contributed by atoms with van der Waals surface area (Å²) in [5, 5.41) is 0.456. The van der Waals surface area contributed by atoms with Crippen LogP contribution in [-0.4, -0.2) is 64.9 Å². The van der Waals surface area contributed by atoms with E-state index in [4.69, 9.17) is 10.2 Å². The minimum atomic E-state index is -0.270. The minimum Gasteiger partial charge on any atom is -0.461 e. The smallest absolute Gasteiger partial charge is 0.264 e. The summed E-state index contributed by atoms with van der Waals surface area (Å²) in [6.07, 6.45) is 1.52. The first kappa shape index (κ1) is 17.9. The fourth-order valence-corrected chi connectivity index (χ4v) is 4.63. The number of fused-ring (bicyclic) bond motifs is 1. The fourth-order valence-electron chi connectivity index (χ4n) is 3.49. The molecule has 0 radical (unpaired) electrons. The third-order valence-electron chi connectivity index (χ3n) is 4.97. The van der Waals surface area contributed by atoms with Crippen LogP contribution in [0.4, 0.5) is 0 Å². The third kappa shape index (κ3) is 3.07. The molecule has 142 valence electrons. The van der Waals surface area contributed by atoms with E-state index in [9.17, 15) is 9.59 Å². The van der Waals surface area contributed by atoms with Crippen molar-refractivity contribution in [1.29, 1.82) is 0 Å². The number of piperazine rings is 1. The molecule has 1 atom stereocenters. The van der Waals surface area contributed by atoms with Gasteiger partial charge in [-0.2, -0.15) is 0 Å². The average Bonchev–Trinajstić information content (AvgIpc) is 3.29. The predicted molar refractivity (Wildman–Crippen MR) is 104 cm³/mol. The van der Waals surface area contributed by atoms with E-state index >= 15 is 0 Å². The van der Waals surface area contributed by atoms with Gasteiger partial charge in [0.15, 0.2) is 11.6 Å². The molecule has 0 aromatic carbocycles. The zero-order chi connectivity index (χ0) is 19.1. The number of aryl methyl sites for hydroxylation is 1. The number of nitrogens with one attached hydrogen (secondary N) is 1. The van der Waals surface area contributed by atoms with Crippen molar-refractivity contribution in [2.75, 3.05) is 33.2 Å². The Morgan fingerprint density at radius 1 is 1.48 bits per heavy atom. The van der Waals surface area contributed by atoms with Gasteiger partial charge in [-0.1, -0.05) is 0 Å². The van der Waals surface area contributed by atoms with Crippen molar-refractivity contribution in [2.45, 2.75) is 13.0 Å². The maximum Gasteiger partial charge on any atom is 0.264 e. The number of hydrogen-bond acceptors (Lipinski definition) is 7. The van der Waals surface area contributed by atoms with Crippen LogP contribution in [0.1, 0.15) is 15.2 Å². The SMILES string of the molecule is Cc1c(C(=O)N2CCN(C)CC2CN)sc2nc(-c3ccco3)[nH]c(=O)c12. The van der Waals surface area contributed by atoms with Gasteiger partial charge in [-0.05, 0) is 31.7 Å². The van der Waals surface area contributed by atoms with Gasteiger partial charge >= 0.3 is 0 Å². The van der Waals surface area contributed by atoms with Crippen molar-refractivity contribution in [3.8, 4) is 11.6 Å². The molecule has 1 saturated heterocycles. The summed E-state index contributed by atoms with van der Waals surface area (Å²) in [7, 11) is 2.02. The van der Waals surface area contributed by atoms with Crippen LogP contribution in [0.25, 0.3) is 21.8 Å². The number of H-pyrrole nitrogens is 1. The second-order valence-corrected chi connectivity index (χ2v) is 7.78. The molecule has 1 fully saturated rings. The van der Waals surface area contributed by atoms with E-state index in [0.717, 1.165) is 13.1 Å². The number of carbonyl (C=O) groups is 1. The first-order chi connectivity index (χ1) is 13.0. The number of nitrogens with zero attached hydrogens (tertiary/aromatic N) is 3. The van der Waals surface area contributed by atoms with Crippen LogP contribution in [0.3, 0.4) is 0 Å². The maximum absolute atomic E-state index is 13.2. The van der Waals surface area contributed by atoms with Crippen LogP contribution in [0.2, 0.25) is 0 Å². The van der Waals surface area contributed by atoms with Gasteiger partial charge in [0, 0.05) is 26.2 Å². The van der Waals surface area contributed by atoms with Crippen LogP contribution >= 0.6 is 11.3 Å². The maximum atomic E-state index is 13.2. The van der Waals surface area contributed by atoms with Crippen molar-refractivity contribution < 1.29 is 9.21 Å². The van der Waals surface area contributed by atoms with E-state index in [1.54, 1.807) is 19.1 Å². The molecule has 1 aliphatic heterocycles. The molecular weight excluding hydrogens is 366 g/mol. The van der Waals surface area contributed by atoms with E-state index in [1.807, 2.05) is 11.9 Å². The molecular formula is C18H21N5O3S. The zero-order valence-corrected chi connectivity index (χ0v) is 16.0. The summed E-state index contributed by atoms with van der Waals surface area (Å²) >= 11 is 1.25. The Kier molecular flexibility index (Phi) is 4.58. The van der Waals surface area contributed by atoms with Crippen molar-refractivity contribution in [2.24, 2.45) is 5.73 Å². The molecule has 1 unspecified atom stereocenters. The molecule has 1 aliphatic rings. The lowest BCUT2D eigenvalue weighted by atomic mass is 10.1. The second kappa shape index (κ2) is 6.91. The molecule has 3 aromatic rings. The number of thiophene rings is 1. The van der Waals surface area contributed by atoms with Crippen LogP contribution in [0, 0.1) is 6.92 Å². The molecule has 4 heterocycles. The second-order valence-electron chi connectivity index (χ2n) is 6.78. The topological polar surface area (TPSA) is 108 Å². The highest BCUT2D eigenvalue weighted by Gasteiger charge is 2.31. The molecule has 3 aromatic heterocycles. The minimum absolute atomic E-state index is 0.0363. The van der Waals surface area contributed by atoms with Gasteiger partial charge in [0.05, 0.1) is 22.6 Å². The number of likely N-dealkylation sites (N-methyl/N-ethyl adjacent to an activating group) is 1. The monoisotopic (exact) mass is 387 g/mol. The molecule has 3 N–H and O–H groups in total. The third-order valence-corrected chi connectivity index (χ3v) is 6.14. The summed E-state index contributed by atoms with van der Waals surface area (Å²) in [6, 6.07) is 3.42. The first-order valence-electron chi connectivity index (χ1n) is 8.76. The van der Waals surface area contributed by atoms with E-state index in [1.165, 1.54) is 17.6 Å². The fraction of sp³-hybridized carbons (Fsp3) is 0.389. The highest BCUT2D eigenvalue weighted by atomic mass is 32.1. The lowest BCUT2D eigenvalue weighted by Gasteiger charge is -2.39. The number of amides is 1. The van der Waals surface area contributed by atoms with Gasteiger partial charge in [0.2, 0.25) is 0 Å². The average molecular weight is 387 g/mol. The number of carbonyl (C=O) groups excluding carboxylic acids is 1. The van der Waals surface area contributed by atoms with Crippen LogP contribution < -0.4 is 11.3 Å². The number of rotatable bonds is 3. The number of furan rings is 1. The number of nitrogens with two attached hydrogens (primary N) is 1. The van der Waals surface area contributed by atoms with Crippen molar-refractivity contribution >= 4 is 27.5 Å². The molecule has 9 heteroatoms. The Balaban J connectivity index is 1.76. The Labute approximate surface area is 159 Å². The van der Waals surface area contributed by atoms with Gasteiger partial charge in [0.1, 0.15) is 4.83 Å². The Morgan fingerprint density at radius 2 is 2.30 bits per heavy atom. The van der Waals surface area contributed by atoms with Gasteiger partial charge in [-0.3, -0.25) is 9.59 Å². The van der Waals surface area contributed by atoms with Crippen molar-refractivity contribution in [3.05, 3.63) is 39.2 Å². The quantitative estimate of drug-likeness (QED) is 0.701. The van der Waals surface area contributed by atoms with E-state index in [-0.39, 0.29) is 17.5 Å². The predicted octanol–water partition coefficient (Wildman–Crippen LogP) is 1.27. The molecule has 8 nitrogen and oxygen atoms in total. The van der Waals surface area contributed by atoms with Crippen molar-refractivity contribution in [3.63, 3.8) is 0 Å². The highest BCUT2D eigenvalue weighted by molar-refractivity contribution is 7.20. The van der Waals surface area contributed by atoms with Crippen molar-refractivity contribution in [1.82, 2.24) is 19.8 Å². The molecule has 0 bridgehead atoms. The number of aromatic amines is 1. The number of aromatic nitrogens is 2. The lowest BCUT2D eigenvalue weighted by molar-refractivity contribution is 0.0520. The summed E-state index contributed by atoms with van der Waals surface area (Å²) in [6.45, 7) is 4.36. The summed E-state index contributed by atoms with van der Waals surface area (Å²) in [5.41, 5.74) is 6.28. The largest absolute Gasteiger partial charge is 0.461 e. The van der Waals surface area contributed by atoms with E-state index in [2.05, 4.69) is 14.9 Å². The van der Waals surface area contributed by atoms with Gasteiger partial charge in [-0.15, -0.1) is 11.3 Å². The summed E-state index contributed by atoms with van der Waals surface area (Å²) < 4.78 is 5.32. The van der Waals surface area contributed by atoms with Gasteiger partial charge < -0.3 is 24.9 Å². The summed E-state index contributed by atoms with van der Waals surface area (Å²) in [5.74, 6) is 0.755. The Hall–Kier alpha value is -2.49. The van der Waals surface area contributed by atoms with Crippen LogP contribution in [-0.2, 0) is 0 Å². The standard InChI is InChI=1S/C18H21N5O3S/c1-10-13-16(24)20-15(12-4-3-7-26-12)21-17(13)27-14(10)18(25)23-6-5-22(2)9-11(23)8-19/h3-4,7,11H,5-6,8-9,19H2,1-2H3,(H,20,21,24). The van der Waals surface area contributed by atoms with E-state index in [0.29, 0.717) is 45.3 Å². The molecule has 4 rings (SSSR count). The van der Waals surface area contributed by atoms with Crippen LogP contribution in [0.15, 0.2) is 27.6 Å². The lowest BCUT2D eigenvalue weighted by Crippen LogP contribution is -2.56. The highest BCUT2D eigenvalue weighted by Crippen LogP contribution is 2.30. The Bertz CT molecular complexity index is 1040. The van der Waals surface area contributed by atoms with Gasteiger partial charge in [-0.25, -0.2) is 4.98 Å². The molecule has 0 spiro atoms. The van der Waals surface area contributed by atoms with Gasteiger partial charge in [0.25, 0.3) is 11.5 Å². The number of hydrogen-bond donors (Lipinski definition) is 2. The molecule has 0 aliphatic carbocycles. The normalized spacial score (nSPS) is 18.3. The Morgan fingerprint density at radius 3 is 3.00 bits per heavy atom. The van der Waals surface area contributed by atoms with Crippen LogP contribution in [0.5, 0.6) is 0 Å². The summed E-state index contributed by atoms with van der Waals surface area (Å²) in [4.78, 5) is 38.1.